The van der Waals surface area contributed by atoms with Crippen molar-refractivity contribution < 1.29 is 0 Å². The van der Waals surface area contributed by atoms with Crippen LogP contribution >= 0.6 is 22.2 Å². The van der Waals surface area contributed by atoms with E-state index in [0.717, 1.165) is 6.04 Å². The molecule has 18 heavy (non-hydrogen) atoms. The van der Waals surface area contributed by atoms with E-state index in [1.165, 1.54) is 77.0 Å². The summed E-state index contributed by atoms with van der Waals surface area (Å²) in [6, 6.07) is 1.09. The number of hydrogen-bond acceptors (Lipinski definition) is 0. The molecule has 0 saturated carbocycles. The number of hydrogen-bond donors (Lipinski definition) is 0. The quantitative estimate of drug-likeness (QED) is 0.148. The van der Waals surface area contributed by atoms with Gasteiger partial charge in [-0.1, -0.05) is 70.3 Å². The smallest absolute Gasteiger partial charge is 0.150 e. The zero-order valence-electron chi connectivity index (χ0n) is 11.8. The van der Waals surface area contributed by atoms with Crippen molar-refractivity contribution in [3.8, 4) is 0 Å². The highest BCUT2D eigenvalue weighted by Gasteiger charge is 2.00. The van der Waals surface area contributed by atoms with E-state index < -0.39 is 7.42 Å². The SMILES string of the molecule is C=CCCCCCCCCCCCCC[SiH](Cl)Cl. The molecular formula is C15H30Cl2Si. The summed E-state index contributed by atoms with van der Waals surface area (Å²) in [5.74, 6) is 0. The molecule has 0 aromatic carbocycles. The first-order chi connectivity index (χ1) is 8.77. The van der Waals surface area contributed by atoms with Crippen LogP contribution in [0.3, 0.4) is 0 Å². The molecule has 0 nitrogen and oxygen atoms in total. The zero-order valence-corrected chi connectivity index (χ0v) is 14.5. The van der Waals surface area contributed by atoms with E-state index in [0.29, 0.717) is 0 Å². The summed E-state index contributed by atoms with van der Waals surface area (Å²) in [5, 5.41) is 0. The van der Waals surface area contributed by atoms with E-state index in [2.05, 4.69) is 6.58 Å². The predicted molar refractivity (Wildman–Crippen MR) is 89.3 cm³/mol. The highest BCUT2D eigenvalue weighted by molar-refractivity contribution is 7.33. The molecule has 0 aliphatic rings. The maximum atomic E-state index is 5.82. The molecule has 0 saturated heterocycles. The summed E-state index contributed by atoms with van der Waals surface area (Å²) in [6.45, 7) is 3.75. The molecule has 0 aliphatic carbocycles. The van der Waals surface area contributed by atoms with Crippen molar-refractivity contribution in [3.63, 3.8) is 0 Å². The maximum Gasteiger partial charge on any atom is 0.237 e. The minimum Gasteiger partial charge on any atom is -0.150 e. The van der Waals surface area contributed by atoms with Crippen molar-refractivity contribution in [1.29, 1.82) is 0 Å². The van der Waals surface area contributed by atoms with Crippen molar-refractivity contribution in [2.24, 2.45) is 0 Å². The highest BCUT2D eigenvalue weighted by atomic mass is 35.7. The second-order valence-electron chi connectivity index (χ2n) is 5.15. The third-order valence-corrected chi connectivity index (χ3v) is 5.48. The van der Waals surface area contributed by atoms with Crippen LogP contribution in [0.15, 0.2) is 12.7 Å². The Hall–Kier alpha value is 0.537. The van der Waals surface area contributed by atoms with E-state index in [-0.39, 0.29) is 0 Å². The normalized spacial score (nSPS) is 11.1. The Bertz CT molecular complexity index is 172. The van der Waals surface area contributed by atoms with Crippen molar-refractivity contribution in [1.82, 2.24) is 0 Å². The summed E-state index contributed by atoms with van der Waals surface area (Å²) in [6.07, 6.45) is 18.3. The van der Waals surface area contributed by atoms with Crippen molar-refractivity contribution in [2.45, 2.75) is 83.1 Å². The van der Waals surface area contributed by atoms with Gasteiger partial charge in [0.2, 0.25) is 7.42 Å². The molecular weight excluding hydrogens is 279 g/mol. The van der Waals surface area contributed by atoms with Gasteiger partial charge in [0.05, 0.1) is 0 Å². The van der Waals surface area contributed by atoms with Gasteiger partial charge >= 0.3 is 0 Å². The number of rotatable bonds is 14. The summed E-state index contributed by atoms with van der Waals surface area (Å²) < 4.78 is 0. The molecule has 0 spiro atoms. The van der Waals surface area contributed by atoms with Crippen LogP contribution in [0, 0.1) is 0 Å². The molecule has 0 radical (unpaired) electrons. The Morgan fingerprint density at radius 1 is 0.667 bits per heavy atom. The fourth-order valence-electron chi connectivity index (χ4n) is 2.18. The van der Waals surface area contributed by atoms with Crippen LogP contribution < -0.4 is 0 Å². The van der Waals surface area contributed by atoms with Gasteiger partial charge in [-0.05, 0) is 18.9 Å². The van der Waals surface area contributed by atoms with Crippen LogP contribution in [-0.2, 0) is 0 Å². The lowest BCUT2D eigenvalue weighted by Gasteiger charge is -2.02. The second kappa shape index (κ2) is 15.6. The van der Waals surface area contributed by atoms with Crippen molar-refractivity contribution in [3.05, 3.63) is 12.7 Å². The van der Waals surface area contributed by atoms with Crippen LogP contribution in [-0.4, -0.2) is 7.42 Å². The number of allylic oxidation sites excluding steroid dienone is 1. The van der Waals surface area contributed by atoms with E-state index in [1.54, 1.807) is 0 Å². The van der Waals surface area contributed by atoms with Crippen LogP contribution in [0.25, 0.3) is 0 Å². The molecule has 0 heterocycles. The molecule has 0 bridgehead atoms. The van der Waals surface area contributed by atoms with Crippen LogP contribution in [0.1, 0.15) is 77.0 Å². The maximum absolute atomic E-state index is 5.82. The molecule has 3 heteroatoms. The molecule has 0 rings (SSSR count). The average Bonchev–Trinajstić information content (AvgIpc) is 2.34. The van der Waals surface area contributed by atoms with Gasteiger partial charge in [0.1, 0.15) is 0 Å². The lowest BCUT2D eigenvalue weighted by molar-refractivity contribution is 0.550. The van der Waals surface area contributed by atoms with E-state index in [4.69, 9.17) is 22.2 Å². The number of unbranched alkanes of at least 4 members (excludes halogenated alkanes) is 11. The Labute approximate surface area is 125 Å². The van der Waals surface area contributed by atoms with Crippen molar-refractivity contribution >= 4 is 29.6 Å². The Kier molecular flexibility index (Phi) is 16.1. The Balaban J connectivity index is 2.92. The predicted octanol–water partition coefficient (Wildman–Crippen LogP) is 6.55. The highest BCUT2D eigenvalue weighted by Crippen LogP contribution is 2.14. The van der Waals surface area contributed by atoms with Crippen LogP contribution in [0.4, 0.5) is 0 Å². The van der Waals surface area contributed by atoms with Gasteiger partial charge in [-0.15, -0.1) is 6.58 Å². The Morgan fingerprint density at radius 3 is 1.44 bits per heavy atom. The van der Waals surface area contributed by atoms with Gasteiger partial charge in [-0.3, -0.25) is 0 Å². The molecule has 0 amide bonds. The largest absolute Gasteiger partial charge is 0.237 e. The lowest BCUT2D eigenvalue weighted by Crippen LogP contribution is -1.91. The monoisotopic (exact) mass is 308 g/mol. The van der Waals surface area contributed by atoms with Crippen LogP contribution in [0.5, 0.6) is 0 Å². The van der Waals surface area contributed by atoms with Crippen LogP contribution in [0.2, 0.25) is 6.04 Å². The fraction of sp³-hybridized carbons (Fsp3) is 0.867. The zero-order chi connectivity index (χ0) is 13.5. The topological polar surface area (TPSA) is 0 Å². The van der Waals surface area contributed by atoms with Gasteiger partial charge in [-0.25, -0.2) is 0 Å². The molecule has 0 aliphatic heterocycles. The molecule has 0 unspecified atom stereocenters. The van der Waals surface area contributed by atoms with Gasteiger partial charge in [0, 0.05) is 0 Å². The Morgan fingerprint density at radius 2 is 1.06 bits per heavy atom. The third-order valence-electron chi connectivity index (χ3n) is 3.33. The number of halogens is 2. The fourth-order valence-corrected chi connectivity index (χ4v) is 3.70. The third kappa shape index (κ3) is 16.5. The molecule has 0 atom stereocenters. The first kappa shape index (κ1) is 18.5. The summed E-state index contributed by atoms with van der Waals surface area (Å²) >= 11 is 11.6. The van der Waals surface area contributed by atoms with Gasteiger partial charge in [0.15, 0.2) is 0 Å². The summed E-state index contributed by atoms with van der Waals surface area (Å²) in [4.78, 5) is 0. The van der Waals surface area contributed by atoms with Gasteiger partial charge < -0.3 is 0 Å². The summed E-state index contributed by atoms with van der Waals surface area (Å²) in [7, 11) is -1.32. The van der Waals surface area contributed by atoms with E-state index in [9.17, 15) is 0 Å². The summed E-state index contributed by atoms with van der Waals surface area (Å²) in [5.41, 5.74) is 0. The average molecular weight is 309 g/mol. The van der Waals surface area contributed by atoms with Gasteiger partial charge in [-0.2, -0.15) is 22.2 Å². The van der Waals surface area contributed by atoms with Gasteiger partial charge in [0.25, 0.3) is 0 Å². The molecule has 0 aromatic heterocycles. The molecule has 0 N–H and O–H groups in total. The molecule has 108 valence electrons. The first-order valence-corrected chi connectivity index (χ1v) is 12.0. The minimum absolute atomic E-state index is 1.09. The first-order valence-electron chi connectivity index (χ1n) is 7.66. The van der Waals surface area contributed by atoms with E-state index in [1.807, 2.05) is 6.08 Å². The second-order valence-corrected chi connectivity index (χ2v) is 10.3. The van der Waals surface area contributed by atoms with E-state index >= 15 is 0 Å². The lowest BCUT2D eigenvalue weighted by atomic mass is 10.1. The molecule has 0 aromatic rings. The molecule has 0 fully saturated rings. The van der Waals surface area contributed by atoms with Crippen molar-refractivity contribution in [2.75, 3.05) is 0 Å². The minimum atomic E-state index is -1.32. The standard InChI is InChI=1S/C15H30Cl2Si/c1-2-3-4-5-6-7-8-9-10-11-12-13-14-15-18(16)17/h2,18H,1,3-15H2.